The van der Waals surface area contributed by atoms with E-state index in [2.05, 4.69) is 22.3 Å². The number of anilines is 1. The van der Waals surface area contributed by atoms with Gasteiger partial charge in [0.25, 0.3) is 5.69 Å². The Morgan fingerprint density at radius 1 is 1.19 bits per heavy atom. The molecule has 3 rings (SSSR count). The standard InChI is InChI=1S/C19H20N4O3/c20-12-17-11-18(23(24)25)5-6-19(17)21-13-15-3-1-2-4-16(15)14-22-7-9-26-10-8-22/h1-6,11,21H,7-10,13-14H2. The van der Waals surface area contributed by atoms with Crippen molar-refractivity contribution in [3.63, 3.8) is 0 Å². The molecule has 1 heterocycles. The topological polar surface area (TPSA) is 91.4 Å². The average Bonchev–Trinajstić information content (AvgIpc) is 2.68. The van der Waals surface area contributed by atoms with Gasteiger partial charge in [0.15, 0.2) is 0 Å². The van der Waals surface area contributed by atoms with Crippen molar-refractivity contribution in [1.29, 1.82) is 5.26 Å². The van der Waals surface area contributed by atoms with Gasteiger partial charge in [0.05, 0.1) is 29.4 Å². The molecule has 1 aliphatic rings. The first-order valence-electron chi connectivity index (χ1n) is 8.46. The van der Waals surface area contributed by atoms with Gasteiger partial charge in [0.1, 0.15) is 6.07 Å². The van der Waals surface area contributed by atoms with Crippen LogP contribution in [0.25, 0.3) is 0 Å². The molecule has 1 saturated heterocycles. The summed E-state index contributed by atoms with van der Waals surface area (Å²) in [5, 5.41) is 23.4. The molecular formula is C19H20N4O3. The number of nitro groups is 1. The lowest BCUT2D eigenvalue weighted by atomic mass is 10.1. The van der Waals surface area contributed by atoms with E-state index in [9.17, 15) is 15.4 Å². The normalized spacial score (nSPS) is 14.6. The van der Waals surface area contributed by atoms with Crippen molar-refractivity contribution in [3.8, 4) is 6.07 Å². The van der Waals surface area contributed by atoms with Crippen molar-refractivity contribution >= 4 is 11.4 Å². The predicted octanol–water partition coefficient (Wildman–Crippen LogP) is 2.91. The first-order chi connectivity index (χ1) is 12.7. The van der Waals surface area contributed by atoms with Gasteiger partial charge >= 0.3 is 0 Å². The van der Waals surface area contributed by atoms with Crippen LogP contribution in [0.2, 0.25) is 0 Å². The second-order valence-electron chi connectivity index (χ2n) is 6.11. The van der Waals surface area contributed by atoms with Gasteiger partial charge in [0.2, 0.25) is 0 Å². The number of nitrogens with zero attached hydrogens (tertiary/aromatic N) is 3. The molecule has 0 saturated carbocycles. The Labute approximate surface area is 152 Å². The molecule has 134 valence electrons. The maximum absolute atomic E-state index is 10.9. The molecule has 0 unspecified atom stereocenters. The average molecular weight is 352 g/mol. The lowest BCUT2D eigenvalue weighted by Crippen LogP contribution is -2.35. The molecule has 1 aliphatic heterocycles. The molecule has 7 heteroatoms. The molecule has 0 spiro atoms. The van der Waals surface area contributed by atoms with Crippen LogP contribution in [0.1, 0.15) is 16.7 Å². The molecule has 0 amide bonds. The van der Waals surface area contributed by atoms with Gasteiger partial charge in [-0.05, 0) is 17.2 Å². The van der Waals surface area contributed by atoms with Crippen molar-refractivity contribution in [2.24, 2.45) is 0 Å². The zero-order valence-corrected chi connectivity index (χ0v) is 14.4. The van der Waals surface area contributed by atoms with Crippen LogP contribution < -0.4 is 5.32 Å². The first-order valence-corrected chi connectivity index (χ1v) is 8.46. The second-order valence-corrected chi connectivity index (χ2v) is 6.11. The van der Waals surface area contributed by atoms with Gasteiger partial charge < -0.3 is 10.1 Å². The monoisotopic (exact) mass is 352 g/mol. The Morgan fingerprint density at radius 3 is 2.62 bits per heavy atom. The number of morpholine rings is 1. The molecule has 26 heavy (non-hydrogen) atoms. The van der Waals surface area contributed by atoms with E-state index in [1.807, 2.05) is 18.2 Å². The fraction of sp³-hybridized carbons (Fsp3) is 0.316. The summed E-state index contributed by atoms with van der Waals surface area (Å²) in [6.45, 7) is 4.76. The highest BCUT2D eigenvalue weighted by Gasteiger charge is 2.14. The summed E-state index contributed by atoms with van der Waals surface area (Å²) < 4.78 is 5.39. The Morgan fingerprint density at radius 2 is 1.92 bits per heavy atom. The van der Waals surface area contributed by atoms with E-state index < -0.39 is 4.92 Å². The lowest BCUT2D eigenvalue weighted by molar-refractivity contribution is -0.384. The summed E-state index contributed by atoms with van der Waals surface area (Å²) in [4.78, 5) is 12.7. The van der Waals surface area contributed by atoms with Crippen molar-refractivity contribution in [1.82, 2.24) is 4.90 Å². The number of nitriles is 1. The summed E-state index contributed by atoms with van der Waals surface area (Å²) in [5.41, 5.74) is 3.15. The summed E-state index contributed by atoms with van der Waals surface area (Å²) in [6, 6.07) is 14.5. The molecule has 0 aromatic heterocycles. The van der Waals surface area contributed by atoms with Crippen molar-refractivity contribution in [2.45, 2.75) is 13.1 Å². The zero-order valence-electron chi connectivity index (χ0n) is 14.4. The Hall–Kier alpha value is -2.95. The van der Waals surface area contributed by atoms with E-state index in [-0.39, 0.29) is 11.3 Å². The molecule has 2 aromatic rings. The third-order valence-electron chi connectivity index (χ3n) is 4.42. The van der Waals surface area contributed by atoms with Crippen molar-refractivity contribution in [2.75, 3.05) is 31.6 Å². The number of nitro benzene ring substituents is 1. The predicted molar refractivity (Wildman–Crippen MR) is 97.7 cm³/mol. The van der Waals surface area contributed by atoms with Gasteiger partial charge in [-0.2, -0.15) is 5.26 Å². The second kappa shape index (κ2) is 8.43. The van der Waals surface area contributed by atoms with Gasteiger partial charge in [-0.15, -0.1) is 0 Å². The molecule has 1 N–H and O–H groups in total. The highest BCUT2D eigenvalue weighted by atomic mass is 16.6. The quantitative estimate of drug-likeness (QED) is 0.635. The van der Waals surface area contributed by atoms with Crippen LogP contribution in [-0.2, 0) is 17.8 Å². The van der Waals surface area contributed by atoms with Crippen molar-refractivity contribution < 1.29 is 9.66 Å². The number of non-ortho nitro benzene ring substituents is 1. The Bertz CT molecular complexity index is 826. The Kier molecular flexibility index (Phi) is 5.79. The first kappa shape index (κ1) is 17.9. The highest BCUT2D eigenvalue weighted by Crippen LogP contribution is 2.23. The fourth-order valence-electron chi connectivity index (χ4n) is 2.97. The maximum atomic E-state index is 10.9. The van der Waals surface area contributed by atoms with Crippen LogP contribution in [0.5, 0.6) is 0 Å². The van der Waals surface area contributed by atoms with Crippen molar-refractivity contribution in [3.05, 3.63) is 69.3 Å². The maximum Gasteiger partial charge on any atom is 0.270 e. The summed E-state index contributed by atoms with van der Waals surface area (Å²) >= 11 is 0. The fourth-order valence-corrected chi connectivity index (χ4v) is 2.97. The molecule has 0 aliphatic carbocycles. The smallest absolute Gasteiger partial charge is 0.270 e. The van der Waals surface area contributed by atoms with Gasteiger partial charge in [-0.25, -0.2) is 0 Å². The zero-order chi connectivity index (χ0) is 18.4. The van der Waals surface area contributed by atoms with E-state index in [4.69, 9.17) is 4.74 Å². The van der Waals surface area contributed by atoms with Gasteiger partial charge in [-0.1, -0.05) is 24.3 Å². The number of hydrogen-bond acceptors (Lipinski definition) is 6. The largest absolute Gasteiger partial charge is 0.380 e. The molecule has 1 fully saturated rings. The summed E-state index contributed by atoms with van der Waals surface area (Å²) in [6.07, 6.45) is 0. The SMILES string of the molecule is N#Cc1cc([N+](=O)[O-])ccc1NCc1ccccc1CN1CCOCC1. The number of nitrogens with one attached hydrogen (secondary N) is 1. The molecule has 0 radical (unpaired) electrons. The van der Waals surface area contributed by atoms with E-state index in [1.54, 1.807) is 6.07 Å². The van der Waals surface area contributed by atoms with E-state index in [0.29, 0.717) is 12.2 Å². The minimum Gasteiger partial charge on any atom is -0.380 e. The van der Waals surface area contributed by atoms with E-state index in [0.717, 1.165) is 38.4 Å². The third-order valence-corrected chi connectivity index (χ3v) is 4.42. The molecule has 0 bridgehead atoms. The number of hydrogen-bond donors (Lipinski definition) is 1. The van der Waals surface area contributed by atoms with Crippen LogP contribution in [0, 0.1) is 21.4 Å². The number of rotatable bonds is 6. The molecular weight excluding hydrogens is 332 g/mol. The third kappa shape index (κ3) is 4.36. The van der Waals surface area contributed by atoms with Gasteiger partial charge in [-0.3, -0.25) is 15.0 Å². The minimum atomic E-state index is -0.498. The number of ether oxygens (including phenoxy) is 1. The summed E-state index contributed by atoms with van der Waals surface area (Å²) in [5.74, 6) is 0. The lowest BCUT2D eigenvalue weighted by Gasteiger charge is -2.27. The summed E-state index contributed by atoms with van der Waals surface area (Å²) in [7, 11) is 0. The molecule has 7 nitrogen and oxygen atoms in total. The van der Waals surface area contributed by atoms with Crippen LogP contribution in [0.15, 0.2) is 42.5 Å². The van der Waals surface area contributed by atoms with Crippen LogP contribution in [0.4, 0.5) is 11.4 Å². The highest BCUT2D eigenvalue weighted by molar-refractivity contribution is 5.61. The van der Waals surface area contributed by atoms with Gasteiger partial charge in [0, 0.05) is 38.3 Å². The van der Waals surface area contributed by atoms with E-state index >= 15 is 0 Å². The molecule has 2 aromatic carbocycles. The minimum absolute atomic E-state index is 0.0835. The van der Waals surface area contributed by atoms with Crippen LogP contribution >= 0.6 is 0 Å². The number of benzene rings is 2. The van der Waals surface area contributed by atoms with Crippen LogP contribution in [-0.4, -0.2) is 36.1 Å². The molecule has 0 atom stereocenters. The Balaban J connectivity index is 1.72. The van der Waals surface area contributed by atoms with Crippen LogP contribution in [0.3, 0.4) is 0 Å². The van der Waals surface area contributed by atoms with E-state index in [1.165, 1.54) is 17.7 Å².